The van der Waals surface area contributed by atoms with Crippen molar-refractivity contribution in [3.05, 3.63) is 30.1 Å². The van der Waals surface area contributed by atoms with Gasteiger partial charge in [-0.3, -0.25) is 9.69 Å². The molecule has 0 radical (unpaired) electrons. The van der Waals surface area contributed by atoms with Crippen molar-refractivity contribution in [3.63, 3.8) is 0 Å². The largest absolute Gasteiger partial charge is 0.338 e. The van der Waals surface area contributed by atoms with Crippen molar-refractivity contribution in [1.29, 1.82) is 0 Å². The second-order valence-electron chi connectivity index (χ2n) is 5.13. The number of hydrogen-bond donors (Lipinski definition) is 2. The Morgan fingerprint density at radius 3 is 2.50 bits per heavy atom. The van der Waals surface area contributed by atoms with Crippen LogP contribution in [0, 0.1) is 5.82 Å². The van der Waals surface area contributed by atoms with Gasteiger partial charge < -0.3 is 15.5 Å². The van der Waals surface area contributed by atoms with E-state index in [0.717, 1.165) is 0 Å². The molecule has 0 bridgehead atoms. The predicted octanol–water partition coefficient (Wildman–Crippen LogP) is 1.11. The maximum Gasteiger partial charge on any atom is 0.317 e. The van der Waals surface area contributed by atoms with Gasteiger partial charge in [0.2, 0.25) is 5.91 Å². The molecule has 0 aliphatic carbocycles. The number of urea groups is 1. The van der Waals surface area contributed by atoms with Crippen LogP contribution >= 0.6 is 0 Å². The summed E-state index contributed by atoms with van der Waals surface area (Å²) in [6.07, 6.45) is 0. The second-order valence-corrected chi connectivity index (χ2v) is 5.13. The molecule has 0 unspecified atom stereocenters. The SMILES string of the molecule is CCNC(=O)N1CCN(CC(=O)Nc2ccccc2F)CC1. The van der Waals surface area contributed by atoms with Crippen LogP contribution in [0.1, 0.15) is 6.92 Å². The molecule has 6 nitrogen and oxygen atoms in total. The van der Waals surface area contributed by atoms with E-state index in [4.69, 9.17) is 0 Å². The van der Waals surface area contributed by atoms with E-state index < -0.39 is 5.82 Å². The summed E-state index contributed by atoms with van der Waals surface area (Å²) in [5.41, 5.74) is 0.188. The Labute approximate surface area is 129 Å². The van der Waals surface area contributed by atoms with E-state index in [-0.39, 0.29) is 24.2 Å². The lowest BCUT2D eigenvalue weighted by Gasteiger charge is -2.34. The summed E-state index contributed by atoms with van der Waals surface area (Å²) < 4.78 is 13.5. The summed E-state index contributed by atoms with van der Waals surface area (Å²) in [4.78, 5) is 27.3. The Bertz CT molecular complexity index is 530. The van der Waals surface area contributed by atoms with Gasteiger partial charge in [-0.2, -0.15) is 0 Å². The van der Waals surface area contributed by atoms with Crippen LogP contribution in [-0.2, 0) is 4.79 Å². The molecule has 0 saturated carbocycles. The van der Waals surface area contributed by atoms with Crippen molar-refractivity contribution in [3.8, 4) is 0 Å². The smallest absolute Gasteiger partial charge is 0.317 e. The summed E-state index contributed by atoms with van der Waals surface area (Å²) >= 11 is 0. The minimum atomic E-state index is -0.447. The molecule has 0 spiro atoms. The van der Waals surface area contributed by atoms with Gasteiger partial charge >= 0.3 is 6.03 Å². The summed E-state index contributed by atoms with van der Waals surface area (Å²) in [7, 11) is 0. The number of carbonyl (C=O) groups is 2. The zero-order valence-electron chi connectivity index (χ0n) is 12.6. The average Bonchev–Trinajstić information content (AvgIpc) is 2.50. The Hall–Kier alpha value is -2.15. The highest BCUT2D eigenvalue weighted by atomic mass is 19.1. The maximum atomic E-state index is 13.5. The normalized spacial score (nSPS) is 15.5. The molecule has 2 N–H and O–H groups in total. The van der Waals surface area contributed by atoms with Gasteiger partial charge in [0, 0.05) is 32.7 Å². The molecule has 1 aromatic rings. The van der Waals surface area contributed by atoms with E-state index in [1.54, 1.807) is 17.0 Å². The van der Waals surface area contributed by atoms with Crippen LogP contribution in [0.5, 0.6) is 0 Å². The van der Waals surface area contributed by atoms with Gasteiger partial charge in [0.25, 0.3) is 0 Å². The molecule has 3 amide bonds. The lowest BCUT2D eigenvalue weighted by atomic mass is 10.3. The van der Waals surface area contributed by atoms with Gasteiger partial charge in [0.1, 0.15) is 5.82 Å². The van der Waals surface area contributed by atoms with Crippen molar-refractivity contribution >= 4 is 17.6 Å². The third-order valence-electron chi connectivity index (χ3n) is 3.50. The van der Waals surface area contributed by atoms with E-state index in [1.165, 1.54) is 12.1 Å². The van der Waals surface area contributed by atoms with Gasteiger partial charge in [-0.1, -0.05) is 12.1 Å². The topological polar surface area (TPSA) is 64.7 Å². The van der Waals surface area contributed by atoms with E-state index in [0.29, 0.717) is 32.7 Å². The fourth-order valence-corrected chi connectivity index (χ4v) is 2.33. The molecule has 1 saturated heterocycles. The molecule has 1 aromatic carbocycles. The van der Waals surface area contributed by atoms with Crippen molar-refractivity contribution in [2.75, 3.05) is 44.6 Å². The lowest BCUT2D eigenvalue weighted by molar-refractivity contribution is -0.117. The predicted molar refractivity (Wildman–Crippen MR) is 82.1 cm³/mol. The molecule has 0 aromatic heterocycles. The van der Waals surface area contributed by atoms with E-state index in [1.807, 2.05) is 11.8 Å². The van der Waals surface area contributed by atoms with E-state index in [2.05, 4.69) is 10.6 Å². The quantitative estimate of drug-likeness (QED) is 0.876. The molecule has 120 valence electrons. The fraction of sp³-hybridized carbons (Fsp3) is 0.467. The number of para-hydroxylation sites is 1. The number of benzene rings is 1. The molecule has 2 rings (SSSR count). The van der Waals surface area contributed by atoms with Gasteiger partial charge in [0.05, 0.1) is 12.2 Å². The van der Waals surface area contributed by atoms with Crippen LogP contribution in [0.15, 0.2) is 24.3 Å². The zero-order chi connectivity index (χ0) is 15.9. The third kappa shape index (κ3) is 4.42. The van der Waals surface area contributed by atoms with Gasteiger partial charge in [0.15, 0.2) is 0 Å². The van der Waals surface area contributed by atoms with Crippen molar-refractivity contribution < 1.29 is 14.0 Å². The number of nitrogens with one attached hydrogen (secondary N) is 2. The van der Waals surface area contributed by atoms with Crippen LogP contribution < -0.4 is 10.6 Å². The first-order valence-corrected chi connectivity index (χ1v) is 7.39. The standard InChI is InChI=1S/C15H21FN4O2/c1-2-17-15(22)20-9-7-19(8-10-20)11-14(21)18-13-6-4-3-5-12(13)16/h3-6H,2,7-11H2,1H3,(H,17,22)(H,18,21). The molecule has 1 heterocycles. The number of hydrogen-bond acceptors (Lipinski definition) is 3. The summed E-state index contributed by atoms with van der Waals surface area (Å²) in [6, 6.07) is 6.01. The molecule has 1 aliphatic rings. The molecule has 22 heavy (non-hydrogen) atoms. The van der Waals surface area contributed by atoms with Crippen LogP contribution in [-0.4, -0.2) is 61.0 Å². The Morgan fingerprint density at radius 2 is 1.86 bits per heavy atom. The number of amides is 3. The molecule has 1 aliphatic heterocycles. The van der Waals surface area contributed by atoms with Gasteiger partial charge in [-0.15, -0.1) is 0 Å². The van der Waals surface area contributed by atoms with Crippen molar-refractivity contribution in [2.45, 2.75) is 6.92 Å². The molecular formula is C15H21FN4O2. The first-order chi connectivity index (χ1) is 10.6. The van der Waals surface area contributed by atoms with Crippen molar-refractivity contribution in [2.24, 2.45) is 0 Å². The first-order valence-electron chi connectivity index (χ1n) is 7.39. The highest BCUT2D eigenvalue weighted by molar-refractivity contribution is 5.92. The van der Waals surface area contributed by atoms with Crippen LogP contribution in [0.2, 0.25) is 0 Å². The Morgan fingerprint density at radius 1 is 1.18 bits per heavy atom. The number of nitrogens with zero attached hydrogens (tertiary/aromatic N) is 2. The van der Waals surface area contributed by atoms with Crippen LogP contribution in [0.25, 0.3) is 0 Å². The van der Waals surface area contributed by atoms with Crippen LogP contribution in [0.3, 0.4) is 0 Å². The molecular weight excluding hydrogens is 287 g/mol. The average molecular weight is 308 g/mol. The maximum absolute atomic E-state index is 13.5. The van der Waals surface area contributed by atoms with E-state index >= 15 is 0 Å². The van der Waals surface area contributed by atoms with E-state index in [9.17, 15) is 14.0 Å². The molecule has 0 atom stereocenters. The number of halogens is 1. The number of rotatable bonds is 4. The summed E-state index contributed by atoms with van der Waals surface area (Å²) in [5, 5.41) is 5.32. The minimum Gasteiger partial charge on any atom is -0.338 e. The summed E-state index contributed by atoms with van der Waals surface area (Å²) in [5.74, 6) is -0.700. The fourth-order valence-electron chi connectivity index (χ4n) is 2.33. The zero-order valence-corrected chi connectivity index (χ0v) is 12.6. The molecule has 1 fully saturated rings. The van der Waals surface area contributed by atoms with Crippen LogP contribution in [0.4, 0.5) is 14.9 Å². The summed E-state index contributed by atoms with van der Waals surface area (Å²) in [6.45, 7) is 5.09. The second kappa shape index (κ2) is 7.74. The number of carbonyl (C=O) groups excluding carboxylic acids is 2. The van der Waals surface area contributed by atoms with Gasteiger partial charge in [-0.05, 0) is 19.1 Å². The third-order valence-corrected chi connectivity index (χ3v) is 3.50. The number of anilines is 1. The first kappa shape index (κ1) is 16.2. The Balaban J connectivity index is 1.77. The Kier molecular flexibility index (Phi) is 5.71. The molecule has 7 heteroatoms. The highest BCUT2D eigenvalue weighted by Crippen LogP contribution is 2.12. The van der Waals surface area contributed by atoms with Crippen molar-refractivity contribution in [1.82, 2.24) is 15.1 Å². The highest BCUT2D eigenvalue weighted by Gasteiger charge is 2.22. The lowest BCUT2D eigenvalue weighted by Crippen LogP contribution is -2.53. The minimum absolute atomic E-state index is 0.0713. The monoisotopic (exact) mass is 308 g/mol. The van der Waals surface area contributed by atoms with Gasteiger partial charge in [-0.25, -0.2) is 9.18 Å². The number of piperazine rings is 1.